The minimum atomic E-state index is 0. The molecule has 0 bridgehead atoms. The number of halogens is 1. The van der Waals surface area contributed by atoms with Crippen LogP contribution in [0.2, 0.25) is 5.02 Å². The summed E-state index contributed by atoms with van der Waals surface area (Å²) in [5.74, 6) is 0. The van der Waals surface area contributed by atoms with Gasteiger partial charge in [-0.15, -0.1) is 0 Å². The molecule has 0 aliphatic carbocycles. The Bertz CT molecular complexity index is 151. The Balaban J connectivity index is -0.0000000612. The van der Waals surface area contributed by atoms with Gasteiger partial charge in [-0.3, -0.25) is 0 Å². The van der Waals surface area contributed by atoms with Crippen LogP contribution in [0.15, 0.2) is 30.3 Å². The Morgan fingerprint density at radius 1 is 1.11 bits per heavy atom. The molecule has 1 rings (SSSR count). The molecule has 0 amide bonds. The maximum atomic E-state index is 5.54. The summed E-state index contributed by atoms with van der Waals surface area (Å²) in [4.78, 5) is 0. The van der Waals surface area contributed by atoms with Crippen LogP contribution in [0.5, 0.6) is 0 Å². The van der Waals surface area contributed by atoms with Crippen molar-refractivity contribution in [1.82, 2.24) is 0 Å². The average molecular weight is 169 g/mol. The van der Waals surface area contributed by atoms with Crippen molar-refractivity contribution < 1.29 is 2.85 Å². The average Bonchev–Trinajstić information content (AvgIpc) is 1.69. The van der Waals surface area contributed by atoms with Gasteiger partial charge in [0.1, 0.15) is 0 Å². The van der Waals surface area contributed by atoms with E-state index in [0.717, 1.165) is 5.02 Å². The third-order valence-electron chi connectivity index (χ3n) is 0.733. The minimum Gasteiger partial charge on any atom is -1.00 e. The van der Waals surface area contributed by atoms with Gasteiger partial charge >= 0.3 is 23.1 Å². The van der Waals surface area contributed by atoms with Crippen LogP contribution >= 0.6 is 11.6 Å². The molecule has 1 aromatic carbocycles. The van der Waals surface area contributed by atoms with Crippen molar-refractivity contribution >= 4 is 52.0 Å². The van der Waals surface area contributed by atoms with Crippen LogP contribution in [0.25, 0.3) is 0 Å². The second kappa shape index (κ2) is 6.92. The van der Waals surface area contributed by atoms with Gasteiger partial charge < -0.3 is 2.85 Å². The molecule has 3 heteroatoms. The summed E-state index contributed by atoms with van der Waals surface area (Å²) < 4.78 is 0. The molecule has 0 atom stereocenters. The zero-order valence-corrected chi connectivity index (χ0v) is 6.64. The maximum absolute atomic E-state index is 5.54. The smallest absolute Gasteiger partial charge is 1.00 e. The third kappa shape index (κ3) is 5.26. The van der Waals surface area contributed by atoms with Gasteiger partial charge in [-0.05, 0) is 12.1 Å². The molecule has 0 aliphatic rings. The molecule has 0 saturated heterocycles. The molecular weight excluding hydrogens is 159 g/mol. The molecule has 0 N–H and O–H groups in total. The molecule has 0 aliphatic heterocycles. The van der Waals surface area contributed by atoms with Crippen molar-refractivity contribution in [2.24, 2.45) is 0 Å². The first-order valence-electron chi connectivity index (χ1n) is 2.10. The van der Waals surface area contributed by atoms with Crippen molar-refractivity contribution in [3.05, 3.63) is 35.4 Å². The van der Waals surface area contributed by atoms with Gasteiger partial charge in [0.05, 0.1) is 0 Å². The van der Waals surface area contributed by atoms with E-state index in [-0.39, 0.29) is 43.3 Å². The topological polar surface area (TPSA) is 0 Å². The van der Waals surface area contributed by atoms with Crippen molar-refractivity contribution in [2.75, 3.05) is 0 Å². The predicted octanol–water partition coefficient (Wildman–Crippen LogP) is 1.00. The summed E-state index contributed by atoms with van der Waals surface area (Å²) in [5.41, 5.74) is 0. The molecule has 0 spiro atoms. The number of hydrogen-bond donors (Lipinski definition) is 0. The Hall–Kier alpha value is 0.809. The van der Waals surface area contributed by atoms with Crippen molar-refractivity contribution in [3.63, 3.8) is 0 Å². The molecule has 9 heavy (non-hydrogen) atoms. The van der Waals surface area contributed by atoms with Gasteiger partial charge in [0.2, 0.25) is 0 Å². The minimum absolute atomic E-state index is 0. The molecule has 46 valence electrons. The van der Waals surface area contributed by atoms with Gasteiger partial charge in [0.15, 0.2) is 17.4 Å². The predicted molar refractivity (Wildman–Crippen MR) is 49.4 cm³/mol. The van der Waals surface area contributed by atoms with E-state index in [9.17, 15) is 0 Å². The van der Waals surface area contributed by atoms with Crippen LogP contribution in [0, 0.1) is 0 Å². The van der Waals surface area contributed by atoms with E-state index in [0.29, 0.717) is 0 Å². The molecule has 0 heterocycles. The second-order valence-corrected chi connectivity index (χ2v) is 1.73. The van der Waals surface area contributed by atoms with Crippen LogP contribution in [0.1, 0.15) is 2.85 Å². The van der Waals surface area contributed by atoms with E-state index in [1.165, 1.54) is 0 Å². The SMILES string of the molecule is Clc1ccccc1.[AlH3].[H-].[H-].[Mg+2]. The fourth-order valence-corrected chi connectivity index (χ4v) is 0.560. The second-order valence-electron chi connectivity index (χ2n) is 1.30. The van der Waals surface area contributed by atoms with Gasteiger partial charge in [-0.2, -0.15) is 0 Å². The van der Waals surface area contributed by atoms with Crippen LogP contribution in [-0.4, -0.2) is 40.4 Å². The summed E-state index contributed by atoms with van der Waals surface area (Å²) in [6.07, 6.45) is 0. The van der Waals surface area contributed by atoms with E-state index in [4.69, 9.17) is 11.6 Å². The first kappa shape index (κ1) is 12.5. The molecule has 1 aromatic rings. The zero-order valence-electron chi connectivity index (χ0n) is 6.47. The molecule has 0 fully saturated rings. The van der Waals surface area contributed by atoms with Crippen LogP contribution < -0.4 is 0 Å². The standard InChI is InChI=1S/C6H5Cl.Al.Mg.5H/c7-6-4-2-1-3-5-6;;;;;;;/h1-5H;;;;;;;/q;;+2;;;;2*-1. The van der Waals surface area contributed by atoms with Gasteiger partial charge in [0.25, 0.3) is 0 Å². The fraction of sp³-hybridized carbons (Fsp3) is 0. The molecule has 0 nitrogen and oxygen atoms in total. The number of hydrogen-bond acceptors (Lipinski definition) is 0. The van der Waals surface area contributed by atoms with E-state index in [2.05, 4.69) is 0 Å². The van der Waals surface area contributed by atoms with Gasteiger partial charge in [-0.1, -0.05) is 29.8 Å². The van der Waals surface area contributed by atoms with Crippen molar-refractivity contribution in [2.45, 2.75) is 0 Å². The molecular formula is C6H10AlClMg. The van der Waals surface area contributed by atoms with Crippen LogP contribution in [-0.2, 0) is 0 Å². The number of benzene rings is 1. The molecule has 0 radical (unpaired) electrons. The third-order valence-corrected chi connectivity index (χ3v) is 0.985. The summed E-state index contributed by atoms with van der Waals surface area (Å²) in [5, 5.41) is 0.794. The normalized spacial score (nSPS) is 6.78. The summed E-state index contributed by atoms with van der Waals surface area (Å²) in [7, 11) is 0. The van der Waals surface area contributed by atoms with E-state index < -0.39 is 0 Å². The maximum Gasteiger partial charge on any atom is 2.00 e. The molecule has 0 aromatic heterocycles. The zero-order chi connectivity index (χ0) is 5.11. The van der Waals surface area contributed by atoms with Crippen LogP contribution in [0.4, 0.5) is 0 Å². The number of rotatable bonds is 0. The van der Waals surface area contributed by atoms with E-state index in [1.54, 1.807) is 0 Å². The largest absolute Gasteiger partial charge is 2.00 e. The van der Waals surface area contributed by atoms with Crippen molar-refractivity contribution in [1.29, 1.82) is 0 Å². The van der Waals surface area contributed by atoms with Gasteiger partial charge in [-0.25, -0.2) is 0 Å². The molecule has 0 unspecified atom stereocenters. The van der Waals surface area contributed by atoms with Gasteiger partial charge in [0, 0.05) is 5.02 Å². The Morgan fingerprint density at radius 3 is 1.78 bits per heavy atom. The Kier molecular flexibility index (Phi) is 9.60. The van der Waals surface area contributed by atoms with E-state index in [1.807, 2.05) is 30.3 Å². The summed E-state index contributed by atoms with van der Waals surface area (Å²) >= 11 is 5.54. The summed E-state index contributed by atoms with van der Waals surface area (Å²) in [6.45, 7) is 0. The van der Waals surface area contributed by atoms with Crippen LogP contribution in [0.3, 0.4) is 0 Å². The fourth-order valence-electron chi connectivity index (χ4n) is 0.415. The van der Waals surface area contributed by atoms with E-state index >= 15 is 0 Å². The Labute approximate surface area is 89.8 Å². The monoisotopic (exact) mass is 168 g/mol. The van der Waals surface area contributed by atoms with Crippen molar-refractivity contribution in [3.8, 4) is 0 Å². The molecule has 0 saturated carbocycles. The first-order valence-corrected chi connectivity index (χ1v) is 2.48. The quantitative estimate of drug-likeness (QED) is 0.508. The Morgan fingerprint density at radius 2 is 1.56 bits per heavy atom. The first-order chi connectivity index (χ1) is 3.39. The summed E-state index contributed by atoms with van der Waals surface area (Å²) in [6, 6.07) is 9.44.